The third-order valence-electron chi connectivity index (χ3n) is 15.0. The van der Waals surface area contributed by atoms with E-state index in [1.54, 1.807) is 97.1 Å². The number of carbonyl (C=O) groups excluding carboxylic acids is 6. The second-order valence-electron chi connectivity index (χ2n) is 26.4. The number of methoxy groups -OCH3 is 1. The van der Waals surface area contributed by atoms with Crippen LogP contribution in [0.25, 0.3) is 0 Å². The van der Waals surface area contributed by atoms with Gasteiger partial charge in [-0.15, -0.1) is 0 Å². The molecule has 83 heavy (non-hydrogen) atoms. The maximum atomic E-state index is 14.9. The number of esters is 6. The van der Waals surface area contributed by atoms with Gasteiger partial charge in [0.2, 0.25) is 5.75 Å². The Hall–Kier alpha value is -8.10. The lowest BCUT2D eigenvalue weighted by atomic mass is 9.85. The van der Waals surface area contributed by atoms with Crippen LogP contribution in [0, 0.1) is 0 Å². The van der Waals surface area contributed by atoms with Gasteiger partial charge in [0.25, 0.3) is 0 Å². The number of hydrogen-bond acceptors (Lipinski definition) is 14. The molecule has 1 saturated heterocycles. The summed E-state index contributed by atoms with van der Waals surface area (Å²) in [6.45, 7) is 29.9. The van der Waals surface area contributed by atoms with Gasteiger partial charge >= 0.3 is 35.8 Å². The normalized spacial score (nSPS) is 18.1. The topological polar surface area (TPSA) is 176 Å². The Kier molecular flexibility index (Phi) is 17.1. The molecule has 0 spiro atoms. The summed E-state index contributed by atoms with van der Waals surface area (Å²) in [6, 6.07) is 35.4. The molecular formula is C69H76O14. The molecule has 2 heterocycles. The van der Waals surface area contributed by atoms with Crippen molar-refractivity contribution in [1.29, 1.82) is 0 Å². The summed E-state index contributed by atoms with van der Waals surface area (Å²) in [5.74, 6) is -6.29. The van der Waals surface area contributed by atoms with E-state index in [0.717, 1.165) is 27.8 Å². The molecule has 2 aliphatic rings. The molecule has 2 aliphatic heterocycles. The zero-order chi connectivity index (χ0) is 60.7. The molecule has 8 rings (SSSR count). The summed E-state index contributed by atoms with van der Waals surface area (Å²) in [7, 11) is 1.27. The van der Waals surface area contributed by atoms with Crippen LogP contribution < -0.4 is 14.2 Å². The van der Waals surface area contributed by atoms with Gasteiger partial charge in [-0.3, -0.25) is 0 Å². The number of carbonyl (C=O) groups is 6. The van der Waals surface area contributed by atoms with Gasteiger partial charge < -0.3 is 37.9 Å². The molecule has 0 aliphatic carbocycles. The lowest BCUT2D eigenvalue weighted by Crippen LogP contribution is -2.61. The van der Waals surface area contributed by atoms with Crippen molar-refractivity contribution >= 4 is 35.8 Å². The fraction of sp³-hybridized carbons (Fsp3) is 0.391. The van der Waals surface area contributed by atoms with E-state index in [-0.39, 0.29) is 77.5 Å². The summed E-state index contributed by atoms with van der Waals surface area (Å²) < 4.78 is 50.4. The maximum absolute atomic E-state index is 14.9. The Morgan fingerprint density at radius 3 is 1.13 bits per heavy atom. The van der Waals surface area contributed by atoms with Crippen molar-refractivity contribution in [2.24, 2.45) is 0 Å². The molecule has 5 atom stereocenters. The minimum Gasteiger partial charge on any atom is -0.490 e. The zero-order valence-electron chi connectivity index (χ0n) is 50.4. The van der Waals surface area contributed by atoms with Crippen LogP contribution in [-0.2, 0) is 50.8 Å². The second kappa shape index (κ2) is 23.3. The molecule has 0 amide bonds. The smallest absolute Gasteiger partial charge is 0.343 e. The predicted molar refractivity (Wildman–Crippen MR) is 314 cm³/mol. The van der Waals surface area contributed by atoms with E-state index in [9.17, 15) is 28.8 Å². The first kappa shape index (κ1) is 61.0. The van der Waals surface area contributed by atoms with Crippen molar-refractivity contribution < 1.29 is 66.7 Å². The van der Waals surface area contributed by atoms with Gasteiger partial charge in [0.05, 0.1) is 40.5 Å². The van der Waals surface area contributed by atoms with E-state index in [1.807, 2.05) is 128 Å². The first-order valence-electron chi connectivity index (χ1n) is 27.9. The predicted octanol–water partition coefficient (Wildman–Crippen LogP) is 13.9. The first-order chi connectivity index (χ1) is 38.7. The molecule has 0 radical (unpaired) electrons. The van der Waals surface area contributed by atoms with Crippen LogP contribution in [0.2, 0.25) is 0 Å². The van der Waals surface area contributed by atoms with Crippen LogP contribution in [0.1, 0.15) is 205 Å². The molecular weight excluding hydrogens is 1050 g/mol. The average molecular weight is 1130 g/mol. The van der Waals surface area contributed by atoms with Crippen molar-refractivity contribution in [2.45, 2.75) is 161 Å². The first-order valence-corrected chi connectivity index (χ1v) is 27.9. The minimum atomic E-state index is -1.71. The zero-order valence-corrected chi connectivity index (χ0v) is 50.4. The summed E-state index contributed by atoms with van der Waals surface area (Å²) in [5, 5.41) is 0. The molecule has 14 heteroatoms. The highest BCUT2D eigenvalue weighted by atomic mass is 16.7. The van der Waals surface area contributed by atoms with Crippen LogP contribution >= 0.6 is 0 Å². The SMILES string of the molecule is COc1c(OC(=O)c2ccc(C(C)(C)C)cc2)cc2c(c1OC(=O)c1ccc(C(C)(C)C)cc1)[C@@H]1O[C@H](COC(=O)c3ccc(C(C)(C)C)cc3)[C@@H](OC(=O)c3ccc(C(C)(C)C)cc3)[C@H](OC(=O)c3ccc(C(C)(C)C)cc3)[C@H]1OC2=O. The Morgan fingerprint density at radius 1 is 0.434 bits per heavy atom. The Balaban J connectivity index is 1.29. The van der Waals surface area contributed by atoms with Gasteiger partial charge in [0.15, 0.2) is 29.8 Å². The standard InChI is InChI=1S/C69H76O14/c1-65(2,3)44-27-17-39(18-28-44)59(70)77-38-51-54(80-61(72)41-21-31-46(32-22-41)67(7,8)9)57(82-63(74)43-25-35-48(36-26-43)69(13,14)15)58-56(78-51)52-49(64(75)83-58)37-50(79-60(71)40-19-29-45(30-20-40)66(4,5)6)53(76-16)55(52)81-62(73)42-23-33-47(34-24-42)68(10,11)12/h17-37,51,54,56-58H,38H2,1-16H3/t51-,54-,56+,57+,58+/m1/s1. The van der Waals surface area contributed by atoms with E-state index in [1.165, 1.54) is 13.2 Å². The van der Waals surface area contributed by atoms with Crippen molar-refractivity contribution in [3.63, 3.8) is 0 Å². The van der Waals surface area contributed by atoms with E-state index < -0.39 is 78.7 Å². The van der Waals surface area contributed by atoms with E-state index in [4.69, 9.17) is 37.9 Å². The van der Waals surface area contributed by atoms with E-state index in [0.29, 0.717) is 0 Å². The lowest BCUT2D eigenvalue weighted by Gasteiger charge is -2.47. The van der Waals surface area contributed by atoms with Crippen LogP contribution in [0.15, 0.2) is 127 Å². The quantitative estimate of drug-likeness (QED) is 0.0642. The molecule has 436 valence electrons. The van der Waals surface area contributed by atoms with Gasteiger partial charge in [0.1, 0.15) is 18.8 Å². The van der Waals surface area contributed by atoms with Crippen molar-refractivity contribution in [3.05, 3.63) is 194 Å². The highest BCUT2D eigenvalue weighted by molar-refractivity contribution is 5.99. The monoisotopic (exact) mass is 1130 g/mol. The molecule has 0 bridgehead atoms. The molecule has 1 fully saturated rings. The van der Waals surface area contributed by atoms with Gasteiger partial charge in [-0.2, -0.15) is 0 Å². The molecule has 6 aromatic rings. The second-order valence-corrected chi connectivity index (χ2v) is 26.4. The summed E-state index contributed by atoms with van der Waals surface area (Å²) in [5.41, 5.74) is 3.85. The third kappa shape index (κ3) is 13.7. The lowest BCUT2D eigenvalue weighted by molar-refractivity contribution is -0.234. The number of ether oxygens (including phenoxy) is 8. The molecule has 0 N–H and O–H groups in total. The third-order valence-corrected chi connectivity index (χ3v) is 15.0. The fourth-order valence-electron chi connectivity index (χ4n) is 9.79. The number of rotatable bonds is 12. The largest absolute Gasteiger partial charge is 0.490 e. The average Bonchev–Trinajstić information content (AvgIpc) is 1.46. The number of benzene rings is 6. The number of hydrogen-bond donors (Lipinski definition) is 0. The Morgan fingerprint density at radius 2 is 0.771 bits per heavy atom. The molecule has 14 nitrogen and oxygen atoms in total. The molecule has 0 aromatic heterocycles. The minimum absolute atomic E-state index is 0.112. The molecule has 0 unspecified atom stereocenters. The maximum Gasteiger partial charge on any atom is 0.343 e. The molecule has 0 saturated carbocycles. The van der Waals surface area contributed by atoms with Gasteiger partial charge in [0, 0.05) is 5.56 Å². The van der Waals surface area contributed by atoms with Gasteiger partial charge in [-0.1, -0.05) is 165 Å². The van der Waals surface area contributed by atoms with Crippen LogP contribution in [0.5, 0.6) is 17.2 Å². The van der Waals surface area contributed by atoms with Gasteiger partial charge in [-0.05, 0) is 122 Å². The summed E-state index contributed by atoms with van der Waals surface area (Å²) in [6.07, 6.45) is -8.07. The molecule has 6 aromatic carbocycles. The van der Waals surface area contributed by atoms with E-state index >= 15 is 0 Å². The number of fused-ring (bicyclic) bond motifs is 3. The van der Waals surface area contributed by atoms with Crippen molar-refractivity contribution in [3.8, 4) is 17.2 Å². The van der Waals surface area contributed by atoms with Crippen LogP contribution in [0.3, 0.4) is 0 Å². The highest BCUT2D eigenvalue weighted by Gasteiger charge is 2.57. The summed E-state index contributed by atoms with van der Waals surface area (Å²) in [4.78, 5) is 86.9. The van der Waals surface area contributed by atoms with Crippen LogP contribution in [0.4, 0.5) is 0 Å². The highest BCUT2D eigenvalue weighted by Crippen LogP contribution is 2.52. The Bertz CT molecular complexity index is 3390. The van der Waals surface area contributed by atoms with Crippen molar-refractivity contribution in [1.82, 2.24) is 0 Å². The Labute approximate surface area is 487 Å². The van der Waals surface area contributed by atoms with Crippen molar-refractivity contribution in [2.75, 3.05) is 13.7 Å². The summed E-state index contributed by atoms with van der Waals surface area (Å²) >= 11 is 0. The fourth-order valence-corrected chi connectivity index (χ4v) is 9.79. The van der Waals surface area contributed by atoms with Gasteiger partial charge in [-0.25, -0.2) is 28.8 Å². The van der Waals surface area contributed by atoms with Crippen LogP contribution in [-0.4, -0.2) is 73.9 Å². The van der Waals surface area contributed by atoms with E-state index in [2.05, 4.69) is 0 Å².